The molecule has 2 aromatic heterocycles. The molecule has 57 heavy (non-hydrogen) atoms. The second-order valence-corrected chi connectivity index (χ2v) is 14.0. The number of nitrogens with one attached hydrogen (secondary N) is 1. The molecule has 0 aliphatic carbocycles. The van der Waals surface area contributed by atoms with Gasteiger partial charge in [0, 0.05) is 47.7 Å². The minimum absolute atomic E-state index is 0.00329. The number of carbonyl (C=O) groups is 4. The van der Waals surface area contributed by atoms with Crippen LogP contribution in [-0.4, -0.2) is 72.0 Å². The number of Topliss-reactive ketones (excluding diaryl/α,β-unsaturated/α-hetero) is 1. The molecule has 0 aliphatic rings. The molecular weight excluding hydrogens is 776 g/mol. The summed E-state index contributed by atoms with van der Waals surface area (Å²) in [4.78, 5) is 62.0. The topological polar surface area (TPSA) is 253 Å². The second-order valence-electron chi connectivity index (χ2n) is 12.6. The number of thioether (sulfide) groups is 1. The van der Waals surface area contributed by atoms with Gasteiger partial charge in [-0.2, -0.15) is 5.26 Å². The smallest absolute Gasteiger partial charge is 0.328 e. The largest absolute Gasteiger partial charge is 0.490 e. The average molecular weight is 817 g/mol. The molecule has 2 heterocycles. The van der Waals surface area contributed by atoms with Crippen molar-refractivity contribution in [2.24, 2.45) is 17.4 Å². The van der Waals surface area contributed by atoms with Gasteiger partial charge < -0.3 is 41.1 Å². The van der Waals surface area contributed by atoms with Crippen molar-refractivity contribution < 1.29 is 37.8 Å². The van der Waals surface area contributed by atoms with Crippen LogP contribution in [0.1, 0.15) is 44.4 Å². The molecule has 4 aromatic rings. The molecule has 4 rings (SSSR count). The van der Waals surface area contributed by atoms with E-state index in [2.05, 4.69) is 26.2 Å². The number of hydrogen-bond donors (Lipinski definition) is 4. The highest BCUT2D eigenvalue weighted by Crippen LogP contribution is 2.42. The molecule has 0 saturated carbocycles. The number of esters is 2. The van der Waals surface area contributed by atoms with Crippen molar-refractivity contribution >= 4 is 58.5 Å². The number of halogens is 1. The first-order valence-corrected chi connectivity index (χ1v) is 19.0. The average Bonchev–Trinajstić information content (AvgIpc) is 3.67. The molecule has 2 aromatic carbocycles. The van der Waals surface area contributed by atoms with Crippen molar-refractivity contribution in [3.8, 4) is 34.4 Å². The van der Waals surface area contributed by atoms with Gasteiger partial charge in [-0.25, -0.2) is 19.6 Å². The van der Waals surface area contributed by atoms with Gasteiger partial charge in [-0.05, 0) is 55.4 Å². The predicted octanol–water partition coefficient (Wildman–Crippen LogP) is 4.99. The molecule has 0 radical (unpaired) electrons. The molecule has 0 spiro atoms. The summed E-state index contributed by atoms with van der Waals surface area (Å²) in [6.45, 7) is 10.3. The number of oxazole rings is 1. The summed E-state index contributed by atoms with van der Waals surface area (Å²) >= 11 is 7.19. The summed E-state index contributed by atoms with van der Waals surface area (Å²) in [6.07, 6.45) is 0.457. The summed E-state index contributed by atoms with van der Waals surface area (Å²) < 4.78 is 22.5. The van der Waals surface area contributed by atoms with Crippen molar-refractivity contribution in [1.29, 1.82) is 5.26 Å². The van der Waals surface area contributed by atoms with Crippen LogP contribution in [0.2, 0.25) is 5.02 Å². The number of pyridine rings is 1. The Labute approximate surface area is 338 Å². The minimum atomic E-state index is -1.12. The van der Waals surface area contributed by atoms with Crippen molar-refractivity contribution in [3.05, 3.63) is 82.5 Å². The second kappa shape index (κ2) is 21.4. The molecule has 0 bridgehead atoms. The molecular formula is C39H41ClN8O8S. The summed E-state index contributed by atoms with van der Waals surface area (Å²) in [5.74, 6) is -1.97. The number of ether oxygens (including phenoxy) is 3. The van der Waals surface area contributed by atoms with Crippen molar-refractivity contribution in [2.45, 2.75) is 56.0 Å². The molecule has 1 amide bonds. The zero-order valence-corrected chi connectivity index (χ0v) is 32.7. The van der Waals surface area contributed by atoms with Crippen LogP contribution < -0.4 is 27.3 Å². The summed E-state index contributed by atoms with van der Waals surface area (Å²) in [6, 6.07) is 14.6. The van der Waals surface area contributed by atoms with E-state index in [1.807, 2.05) is 0 Å². The van der Waals surface area contributed by atoms with Gasteiger partial charge in [-0.15, -0.1) is 0 Å². The number of amides is 1. The van der Waals surface area contributed by atoms with Crippen LogP contribution in [0.4, 0.5) is 11.5 Å². The van der Waals surface area contributed by atoms with E-state index < -0.39 is 42.5 Å². The van der Waals surface area contributed by atoms with Gasteiger partial charge in [-0.1, -0.05) is 42.4 Å². The number of nitrogens with two attached hydrogens (primary N) is 3. The highest BCUT2D eigenvalue weighted by atomic mass is 35.5. The van der Waals surface area contributed by atoms with Gasteiger partial charge in [0.2, 0.25) is 17.5 Å². The number of rotatable bonds is 20. The van der Waals surface area contributed by atoms with Crippen LogP contribution >= 0.6 is 23.4 Å². The Balaban J connectivity index is 1.49. The van der Waals surface area contributed by atoms with Crippen LogP contribution in [0.15, 0.2) is 64.2 Å². The van der Waals surface area contributed by atoms with E-state index in [4.69, 9.17) is 54.0 Å². The zero-order valence-electron chi connectivity index (χ0n) is 31.2. The van der Waals surface area contributed by atoms with Gasteiger partial charge >= 0.3 is 11.9 Å². The third-order valence-electron chi connectivity index (χ3n) is 8.12. The fraction of sp³-hybridized carbons (Fsp3) is 0.333. The molecule has 7 N–H and O–H groups in total. The lowest BCUT2D eigenvalue weighted by Gasteiger charge is -2.22. The summed E-state index contributed by atoms with van der Waals surface area (Å²) in [5.41, 5.74) is 19.3. The van der Waals surface area contributed by atoms with Gasteiger partial charge in [0.05, 0.1) is 23.7 Å². The first kappa shape index (κ1) is 43.7. The minimum Gasteiger partial charge on any atom is -0.490 e. The lowest BCUT2D eigenvalue weighted by atomic mass is 10.00. The molecule has 16 nitrogen and oxygen atoms in total. The third kappa shape index (κ3) is 12.5. The predicted molar refractivity (Wildman–Crippen MR) is 212 cm³/mol. The van der Waals surface area contributed by atoms with E-state index in [0.717, 1.165) is 5.56 Å². The number of ketones is 1. The lowest BCUT2D eigenvalue weighted by molar-refractivity contribution is -0.164. The maximum absolute atomic E-state index is 12.9. The quantitative estimate of drug-likeness (QED) is 0.0521. The van der Waals surface area contributed by atoms with Gasteiger partial charge in [0.15, 0.2) is 6.10 Å². The maximum atomic E-state index is 12.9. The highest BCUT2D eigenvalue weighted by Gasteiger charge is 2.26. The molecule has 0 saturated heterocycles. The van der Waals surface area contributed by atoms with E-state index in [1.54, 1.807) is 48.5 Å². The Bertz CT molecular complexity index is 2130. The van der Waals surface area contributed by atoms with Crippen LogP contribution in [0.25, 0.3) is 27.4 Å². The van der Waals surface area contributed by atoms with Crippen molar-refractivity contribution in [1.82, 2.24) is 15.3 Å². The SMILES string of the molecule is [C-]#[N+]c1c(N)nc(SCc2coc(-c3ccc(Cl)cc3)n2)c(C#N)c1-c1ccc(OC[C@@H](COC(=O)[C@H](C)CC(=O)CCN)OC(=O)[C@H](C)NC(=O)CCN)cc1. The fourth-order valence-electron chi connectivity index (χ4n) is 5.21. The van der Waals surface area contributed by atoms with E-state index in [0.29, 0.717) is 32.9 Å². The van der Waals surface area contributed by atoms with E-state index in [-0.39, 0.29) is 73.1 Å². The summed E-state index contributed by atoms with van der Waals surface area (Å²) in [7, 11) is 0. The first-order valence-electron chi connectivity index (χ1n) is 17.6. The summed E-state index contributed by atoms with van der Waals surface area (Å²) in [5, 5.41) is 13.6. The number of anilines is 1. The normalized spacial score (nSPS) is 12.3. The molecule has 0 unspecified atom stereocenters. The van der Waals surface area contributed by atoms with Crippen molar-refractivity contribution in [3.63, 3.8) is 0 Å². The molecule has 3 atom stereocenters. The Morgan fingerprint density at radius 1 is 1.00 bits per heavy atom. The molecule has 0 fully saturated rings. The number of hydrogen-bond acceptors (Lipinski definition) is 15. The standard InChI is InChI=1S/C39H41ClN8O8S/c1-22(16-28(49)12-14-41)38(51)55-20-30(56-39(52)23(2)46-32(50)13-15-42)19-53-29-10-6-24(7-11-29)33-31(17-43)37(48-35(44)34(33)45-3)57-21-27-18-54-36(47-27)25-4-8-26(40)9-5-25/h4-11,18,22-23,30H,12-16,19-21,41-42H2,1-2H3,(H2,44,48)(H,46,50)/t22-,23+,30+/m1/s1. The molecule has 0 aliphatic heterocycles. The zero-order chi connectivity index (χ0) is 41.5. The van der Waals surface area contributed by atoms with E-state index in [1.165, 1.54) is 31.9 Å². The van der Waals surface area contributed by atoms with Crippen molar-refractivity contribution in [2.75, 3.05) is 32.0 Å². The van der Waals surface area contributed by atoms with Crippen LogP contribution in [0.3, 0.4) is 0 Å². The van der Waals surface area contributed by atoms with E-state index in [9.17, 15) is 24.4 Å². The number of carbonyl (C=O) groups excluding carboxylic acids is 4. The maximum Gasteiger partial charge on any atom is 0.328 e. The number of aromatic nitrogens is 2. The number of nitrogen functional groups attached to an aromatic ring is 1. The van der Waals surface area contributed by atoms with Crippen LogP contribution in [-0.2, 0) is 34.4 Å². The first-order chi connectivity index (χ1) is 27.4. The van der Waals surface area contributed by atoms with Gasteiger partial charge in [0.25, 0.3) is 0 Å². The molecule has 298 valence electrons. The van der Waals surface area contributed by atoms with Crippen LogP contribution in [0.5, 0.6) is 5.75 Å². The van der Waals surface area contributed by atoms with E-state index >= 15 is 0 Å². The highest BCUT2D eigenvalue weighted by molar-refractivity contribution is 7.98. The van der Waals surface area contributed by atoms with Crippen LogP contribution in [0, 0.1) is 23.8 Å². The van der Waals surface area contributed by atoms with Gasteiger partial charge in [-0.3, -0.25) is 14.4 Å². The Kier molecular flexibility index (Phi) is 16.4. The Morgan fingerprint density at radius 3 is 2.33 bits per heavy atom. The number of nitrogens with zero attached hydrogens (tertiary/aromatic N) is 4. The Morgan fingerprint density at radius 2 is 1.68 bits per heavy atom. The monoisotopic (exact) mass is 816 g/mol. The van der Waals surface area contributed by atoms with Gasteiger partial charge in [0.1, 0.15) is 54.0 Å². The number of benzene rings is 2. The number of nitriles is 1. The molecule has 18 heteroatoms. The lowest BCUT2D eigenvalue weighted by Crippen LogP contribution is -2.43. The fourth-order valence-corrected chi connectivity index (χ4v) is 6.21. The third-order valence-corrected chi connectivity index (χ3v) is 9.38. The Hall–Kier alpha value is -5.98.